The number of thioether (sulfide) groups is 1. The van der Waals surface area contributed by atoms with Crippen molar-refractivity contribution in [3.05, 3.63) is 58.5 Å². The summed E-state index contributed by atoms with van der Waals surface area (Å²) in [5.74, 6) is -1.12. The molecule has 1 aliphatic heterocycles. The molecule has 1 aliphatic rings. The molecular weight excluding hydrogens is 464 g/mol. The molecule has 0 radical (unpaired) electrons. The number of hydrogen-bond donors (Lipinski definition) is 2. The van der Waals surface area contributed by atoms with Gasteiger partial charge in [-0.25, -0.2) is 0 Å². The molecular formula is C23H22N2O6S2. The lowest BCUT2D eigenvalue weighted by atomic mass is 10.2. The maximum absolute atomic E-state index is 12.5. The topological polar surface area (TPSA) is 105 Å². The van der Waals surface area contributed by atoms with Crippen molar-refractivity contribution in [1.29, 1.82) is 0 Å². The molecule has 1 heterocycles. The molecule has 33 heavy (non-hydrogen) atoms. The predicted octanol–water partition coefficient (Wildman–Crippen LogP) is 3.70. The minimum atomic E-state index is -1.14. The highest BCUT2D eigenvalue weighted by molar-refractivity contribution is 8.26. The summed E-state index contributed by atoms with van der Waals surface area (Å²) in [6.07, 6.45) is 1.61. The van der Waals surface area contributed by atoms with Gasteiger partial charge >= 0.3 is 5.97 Å². The zero-order chi connectivity index (χ0) is 24.0. The molecule has 0 atom stereocenters. The van der Waals surface area contributed by atoms with Crippen LogP contribution in [0.5, 0.6) is 11.5 Å². The quantitative estimate of drug-likeness (QED) is 0.408. The number of carboxylic acids is 1. The second-order valence-corrected chi connectivity index (χ2v) is 8.68. The number of ether oxygens (including phenoxy) is 2. The normalized spacial score (nSPS) is 14.5. The molecule has 2 amide bonds. The van der Waals surface area contributed by atoms with Crippen molar-refractivity contribution in [3.8, 4) is 11.5 Å². The second kappa shape index (κ2) is 11.0. The maximum atomic E-state index is 12.5. The number of rotatable bonds is 9. The van der Waals surface area contributed by atoms with Gasteiger partial charge < -0.3 is 19.9 Å². The van der Waals surface area contributed by atoms with Crippen molar-refractivity contribution in [2.24, 2.45) is 0 Å². The van der Waals surface area contributed by atoms with Crippen LogP contribution in [0.2, 0.25) is 0 Å². The number of aryl methyl sites for hydroxylation is 1. The van der Waals surface area contributed by atoms with Gasteiger partial charge in [0.25, 0.3) is 11.8 Å². The number of benzene rings is 2. The highest BCUT2D eigenvalue weighted by atomic mass is 32.2. The van der Waals surface area contributed by atoms with Crippen molar-refractivity contribution >= 4 is 57.8 Å². The van der Waals surface area contributed by atoms with Crippen LogP contribution >= 0.6 is 24.0 Å². The van der Waals surface area contributed by atoms with Crippen molar-refractivity contribution in [1.82, 2.24) is 4.90 Å². The van der Waals surface area contributed by atoms with Crippen LogP contribution in [0.3, 0.4) is 0 Å². The van der Waals surface area contributed by atoms with Gasteiger partial charge in [0.15, 0.2) is 18.1 Å². The summed E-state index contributed by atoms with van der Waals surface area (Å²) >= 11 is 6.15. The SMILES string of the molecule is CCOc1cc(/C=C2\SC(=S)N(CC(=O)O)C2=O)ccc1OCC(=O)Nc1cccc(C)c1. The molecule has 0 unspecified atom stereocenters. The Morgan fingerprint density at radius 3 is 2.67 bits per heavy atom. The summed E-state index contributed by atoms with van der Waals surface area (Å²) in [5, 5.41) is 11.7. The van der Waals surface area contributed by atoms with E-state index in [-0.39, 0.29) is 16.8 Å². The number of carboxylic acid groups (broad SMARTS) is 1. The van der Waals surface area contributed by atoms with Crippen LogP contribution in [0.4, 0.5) is 5.69 Å². The van der Waals surface area contributed by atoms with Crippen LogP contribution in [0, 0.1) is 6.92 Å². The van der Waals surface area contributed by atoms with Gasteiger partial charge in [-0.3, -0.25) is 19.3 Å². The van der Waals surface area contributed by atoms with E-state index in [9.17, 15) is 14.4 Å². The summed E-state index contributed by atoms with van der Waals surface area (Å²) in [7, 11) is 0. The Morgan fingerprint density at radius 2 is 1.97 bits per heavy atom. The van der Waals surface area contributed by atoms with E-state index in [1.807, 2.05) is 32.0 Å². The molecule has 1 saturated heterocycles. The molecule has 1 fully saturated rings. The van der Waals surface area contributed by atoms with Gasteiger partial charge in [-0.05, 0) is 55.3 Å². The van der Waals surface area contributed by atoms with Gasteiger partial charge in [0.2, 0.25) is 0 Å². The first kappa shape index (κ1) is 24.3. The van der Waals surface area contributed by atoms with Gasteiger partial charge in [0.1, 0.15) is 10.9 Å². The summed E-state index contributed by atoms with van der Waals surface area (Å²) in [4.78, 5) is 37.0. The van der Waals surface area contributed by atoms with E-state index in [4.69, 9.17) is 26.8 Å². The molecule has 8 nitrogen and oxygen atoms in total. The number of amides is 2. The van der Waals surface area contributed by atoms with E-state index >= 15 is 0 Å². The fraction of sp³-hybridized carbons (Fsp3) is 0.217. The number of aliphatic carboxylic acids is 1. The summed E-state index contributed by atoms with van der Waals surface area (Å²) in [5.41, 5.74) is 2.36. The Labute approximate surface area is 200 Å². The molecule has 0 aliphatic carbocycles. The second-order valence-electron chi connectivity index (χ2n) is 7.01. The van der Waals surface area contributed by atoms with E-state index in [0.29, 0.717) is 34.3 Å². The molecule has 0 saturated carbocycles. The first-order valence-electron chi connectivity index (χ1n) is 10.00. The van der Waals surface area contributed by atoms with Crippen LogP contribution in [0.15, 0.2) is 47.4 Å². The fourth-order valence-corrected chi connectivity index (χ4v) is 4.24. The van der Waals surface area contributed by atoms with Gasteiger partial charge in [0, 0.05) is 5.69 Å². The van der Waals surface area contributed by atoms with Crippen LogP contribution in [-0.4, -0.2) is 51.9 Å². The van der Waals surface area contributed by atoms with E-state index in [1.165, 1.54) is 0 Å². The highest BCUT2D eigenvalue weighted by Crippen LogP contribution is 2.34. The standard InChI is InChI=1S/C23H22N2O6S2/c1-3-30-18-10-15(11-19-22(29)25(12-21(27)28)23(32)33-19)7-8-17(18)31-13-20(26)24-16-6-4-5-14(2)9-16/h4-11H,3,12-13H2,1-2H3,(H,24,26)(H,27,28)/b19-11-. The lowest BCUT2D eigenvalue weighted by molar-refractivity contribution is -0.140. The third kappa shape index (κ3) is 6.56. The molecule has 0 bridgehead atoms. The van der Waals surface area contributed by atoms with Gasteiger partial charge in [-0.2, -0.15) is 0 Å². The molecule has 0 spiro atoms. The van der Waals surface area contributed by atoms with E-state index in [0.717, 1.165) is 22.2 Å². The number of thiocarbonyl (C=S) groups is 1. The average Bonchev–Trinajstić information content (AvgIpc) is 3.00. The van der Waals surface area contributed by atoms with Gasteiger partial charge in [0.05, 0.1) is 11.5 Å². The fourth-order valence-electron chi connectivity index (χ4n) is 2.99. The van der Waals surface area contributed by atoms with Crippen molar-refractivity contribution in [3.63, 3.8) is 0 Å². The van der Waals surface area contributed by atoms with Crippen LogP contribution in [-0.2, 0) is 14.4 Å². The summed E-state index contributed by atoms with van der Waals surface area (Å²) in [6.45, 7) is 3.44. The monoisotopic (exact) mass is 486 g/mol. The number of carbonyl (C=O) groups is 3. The van der Waals surface area contributed by atoms with Crippen molar-refractivity contribution in [2.75, 3.05) is 25.1 Å². The van der Waals surface area contributed by atoms with Crippen LogP contribution in [0.25, 0.3) is 6.08 Å². The zero-order valence-corrected chi connectivity index (χ0v) is 19.6. The first-order chi connectivity index (χ1) is 15.8. The molecule has 0 aromatic heterocycles. The largest absolute Gasteiger partial charge is 0.490 e. The summed E-state index contributed by atoms with van der Waals surface area (Å²) in [6, 6.07) is 12.5. The van der Waals surface area contributed by atoms with Gasteiger partial charge in [-0.1, -0.05) is 42.2 Å². The smallest absolute Gasteiger partial charge is 0.323 e. The van der Waals surface area contributed by atoms with E-state index < -0.39 is 18.4 Å². The maximum Gasteiger partial charge on any atom is 0.323 e. The van der Waals surface area contributed by atoms with Crippen LogP contribution in [0.1, 0.15) is 18.1 Å². The van der Waals surface area contributed by atoms with Gasteiger partial charge in [-0.15, -0.1) is 0 Å². The Bertz CT molecular complexity index is 1130. The lowest BCUT2D eigenvalue weighted by Crippen LogP contribution is -2.33. The zero-order valence-electron chi connectivity index (χ0n) is 18.0. The van der Waals surface area contributed by atoms with E-state index in [2.05, 4.69) is 5.32 Å². The Morgan fingerprint density at radius 1 is 1.18 bits per heavy atom. The molecule has 2 aromatic rings. The van der Waals surface area contributed by atoms with Crippen molar-refractivity contribution in [2.45, 2.75) is 13.8 Å². The number of hydrogen-bond acceptors (Lipinski definition) is 7. The number of carbonyl (C=O) groups excluding carboxylic acids is 2. The average molecular weight is 487 g/mol. The summed E-state index contributed by atoms with van der Waals surface area (Å²) < 4.78 is 11.5. The lowest BCUT2D eigenvalue weighted by Gasteiger charge is -2.13. The number of nitrogens with zero attached hydrogens (tertiary/aromatic N) is 1. The molecule has 3 rings (SSSR count). The Kier molecular flexibility index (Phi) is 8.07. The molecule has 10 heteroatoms. The minimum absolute atomic E-state index is 0.193. The Hall–Kier alpha value is -3.37. The predicted molar refractivity (Wildman–Crippen MR) is 130 cm³/mol. The number of nitrogens with one attached hydrogen (secondary N) is 1. The third-order valence-corrected chi connectivity index (χ3v) is 5.77. The van der Waals surface area contributed by atoms with Crippen molar-refractivity contribution < 1.29 is 29.0 Å². The van der Waals surface area contributed by atoms with E-state index in [1.54, 1.807) is 30.3 Å². The number of anilines is 1. The minimum Gasteiger partial charge on any atom is -0.490 e. The first-order valence-corrected chi connectivity index (χ1v) is 11.2. The highest BCUT2D eigenvalue weighted by Gasteiger charge is 2.33. The Balaban J connectivity index is 1.71. The molecule has 172 valence electrons. The molecule has 2 N–H and O–H groups in total. The third-order valence-electron chi connectivity index (χ3n) is 4.39. The molecule has 2 aromatic carbocycles. The van der Waals surface area contributed by atoms with Crippen LogP contribution < -0.4 is 14.8 Å².